The van der Waals surface area contributed by atoms with Gasteiger partial charge in [0.15, 0.2) is 0 Å². The van der Waals surface area contributed by atoms with E-state index in [0.29, 0.717) is 17.9 Å². The minimum Gasteiger partial charge on any atom is -0.351 e. The average Bonchev–Trinajstić information content (AvgIpc) is 3.14. The van der Waals surface area contributed by atoms with Gasteiger partial charge in [0.05, 0.1) is 22.0 Å². The van der Waals surface area contributed by atoms with Crippen LogP contribution in [-0.4, -0.2) is 16.0 Å². The molecule has 1 aromatic carbocycles. The van der Waals surface area contributed by atoms with Gasteiger partial charge in [-0.15, -0.1) is 11.3 Å². The topological polar surface area (TPSA) is 68.0 Å². The Morgan fingerprint density at radius 2 is 2.20 bits per heavy atom. The summed E-state index contributed by atoms with van der Waals surface area (Å²) in [4.78, 5) is 17.8. The van der Waals surface area contributed by atoms with Crippen molar-refractivity contribution in [2.75, 3.05) is 0 Å². The van der Waals surface area contributed by atoms with Crippen molar-refractivity contribution < 1.29 is 13.7 Å². The predicted molar refractivity (Wildman–Crippen MR) is 92.6 cm³/mol. The van der Waals surface area contributed by atoms with Gasteiger partial charge in [-0.2, -0.15) is 4.98 Å². The smallest absolute Gasteiger partial charge is 0.259 e. The maximum Gasteiger partial charge on any atom is 0.259 e. The molecule has 3 aromatic rings. The molecule has 1 saturated carbocycles. The van der Waals surface area contributed by atoms with Crippen molar-refractivity contribution in [3.8, 4) is 22.2 Å². The number of nitrogens with zero attached hydrogens (tertiary/aromatic N) is 2. The molecule has 0 unspecified atom stereocenters. The fourth-order valence-corrected chi connectivity index (χ4v) is 3.47. The second kappa shape index (κ2) is 6.57. The molecule has 2 heterocycles. The summed E-state index contributed by atoms with van der Waals surface area (Å²) in [5.41, 5.74) is 0.482. The maximum atomic E-state index is 13.1. The summed E-state index contributed by atoms with van der Waals surface area (Å²) in [6.07, 6.45) is 1.97. The molecular weight excluding hydrogens is 365 g/mol. The molecular formula is C17H13ClFN3O2S. The quantitative estimate of drug-likeness (QED) is 0.720. The molecule has 25 heavy (non-hydrogen) atoms. The standard InChI is InChI=1S/C17H13ClFN3O2S/c18-13-7-10(19)3-5-12(13)17-21-15(22-24-17)14-6-4-11(25-14)8-20-16(23)9-1-2-9/h3-7,9H,1-2,8H2,(H,20,23). The Morgan fingerprint density at radius 3 is 2.96 bits per heavy atom. The Hall–Kier alpha value is -2.25. The zero-order chi connectivity index (χ0) is 17.4. The van der Waals surface area contributed by atoms with E-state index in [1.165, 1.54) is 29.5 Å². The highest BCUT2D eigenvalue weighted by atomic mass is 35.5. The second-order valence-corrected chi connectivity index (χ2v) is 7.38. The highest BCUT2D eigenvalue weighted by Gasteiger charge is 2.29. The Bertz CT molecular complexity index is 936. The molecule has 0 atom stereocenters. The molecule has 0 saturated heterocycles. The maximum absolute atomic E-state index is 13.1. The average molecular weight is 378 g/mol. The fraction of sp³-hybridized carbons (Fsp3) is 0.235. The predicted octanol–water partition coefficient (Wildman–Crippen LogP) is 4.28. The lowest BCUT2D eigenvalue weighted by molar-refractivity contribution is -0.122. The molecule has 128 valence electrons. The fourth-order valence-electron chi connectivity index (χ4n) is 2.35. The molecule has 0 aliphatic heterocycles. The molecule has 1 N–H and O–H groups in total. The van der Waals surface area contributed by atoms with Gasteiger partial charge in [0.2, 0.25) is 11.7 Å². The van der Waals surface area contributed by atoms with Crippen LogP contribution >= 0.6 is 22.9 Å². The number of carbonyl (C=O) groups is 1. The van der Waals surface area contributed by atoms with Crippen LogP contribution in [0.2, 0.25) is 5.02 Å². The van der Waals surface area contributed by atoms with Crippen molar-refractivity contribution >= 4 is 28.8 Å². The van der Waals surface area contributed by atoms with Crippen LogP contribution in [-0.2, 0) is 11.3 Å². The van der Waals surface area contributed by atoms with E-state index in [0.717, 1.165) is 22.6 Å². The molecule has 0 bridgehead atoms. The molecule has 1 amide bonds. The van der Waals surface area contributed by atoms with Gasteiger partial charge >= 0.3 is 0 Å². The number of amides is 1. The number of thiophene rings is 1. The van der Waals surface area contributed by atoms with Crippen molar-refractivity contribution in [2.24, 2.45) is 5.92 Å². The van der Waals surface area contributed by atoms with Gasteiger partial charge in [-0.3, -0.25) is 4.79 Å². The van der Waals surface area contributed by atoms with Gasteiger partial charge < -0.3 is 9.84 Å². The minimum atomic E-state index is -0.426. The van der Waals surface area contributed by atoms with Crippen LogP contribution in [0.4, 0.5) is 4.39 Å². The number of hydrogen-bond acceptors (Lipinski definition) is 5. The second-order valence-electron chi connectivity index (χ2n) is 5.81. The lowest BCUT2D eigenvalue weighted by Crippen LogP contribution is -2.23. The molecule has 0 radical (unpaired) electrons. The van der Waals surface area contributed by atoms with Crippen LogP contribution in [0.15, 0.2) is 34.9 Å². The van der Waals surface area contributed by atoms with E-state index in [1.54, 1.807) is 0 Å². The van der Waals surface area contributed by atoms with Gasteiger partial charge in [0.25, 0.3) is 5.89 Å². The highest BCUT2D eigenvalue weighted by molar-refractivity contribution is 7.15. The highest BCUT2D eigenvalue weighted by Crippen LogP contribution is 2.32. The van der Waals surface area contributed by atoms with Crippen LogP contribution in [0.1, 0.15) is 17.7 Å². The molecule has 0 spiro atoms. The SMILES string of the molecule is O=C(NCc1ccc(-c2noc(-c3ccc(F)cc3Cl)n2)s1)C1CC1. The summed E-state index contributed by atoms with van der Waals surface area (Å²) in [7, 11) is 0. The summed E-state index contributed by atoms with van der Waals surface area (Å²) in [6, 6.07) is 7.80. The van der Waals surface area contributed by atoms with Crippen molar-refractivity contribution in [3.05, 3.63) is 46.0 Å². The van der Waals surface area contributed by atoms with Gasteiger partial charge in [-0.1, -0.05) is 16.8 Å². The van der Waals surface area contributed by atoms with Crippen molar-refractivity contribution in [1.29, 1.82) is 0 Å². The van der Waals surface area contributed by atoms with Crippen LogP contribution in [0.5, 0.6) is 0 Å². The Morgan fingerprint density at radius 1 is 1.36 bits per heavy atom. The summed E-state index contributed by atoms with van der Waals surface area (Å²) in [5.74, 6) is 0.546. The monoisotopic (exact) mass is 377 g/mol. The van der Waals surface area contributed by atoms with E-state index in [2.05, 4.69) is 15.5 Å². The van der Waals surface area contributed by atoms with Crippen LogP contribution in [0.3, 0.4) is 0 Å². The van der Waals surface area contributed by atoms with Crippen LogP contribution < -0.4 is 5.32 Å². The first-order valence-corrected chi connectivity index (χ1v) is 8.95. The van der Waals surface area contributed by atoms with E-state index >= 15 is 0 Å². The van der Waals surface area contributed by atoms with Gasteiger partial charge in [-0.25, -0.2) is 4.39 Å². The van der Waals surface area contributed by atoms with E-state index in [-0.39, 0.29) is 22.7 Å². The first kappa shape index (κ1) is 16.2. The lowest BCUT2D eigenvalue weighted by Gasteiger charge is -2.00. The van der Waals surface area contributed by atoms with Crippen molar-refractivity contribution in [3.63, 3.8) is 0 Å². The molecule has 4 rings (SSSR count). The molecule has 2 aromatic heterocycles. The Kier molecular flexibility index (Phi) is 4.27. The molecule has 1 aliphatic carbocycles. The van der Waals surface area contributed by atoms with E-state index in [4.69, 9.17) is 16.1 Å². The van der Waals surface area contributed by atoms with Gasteiger partial charge in [-0.05, 0) is 43.2 Å². The summed E-state index contributed by atoms with van der Waals surface area (Å²) in [5, 5.41) is 7.09. The third-order valence-electron chi connectivity index (χ3n) is 3.85. The van der Waals surface area contributed by atoms with Gasteiger partial charge in [0.1, 0.15) is 5.82 Å². The lowest BCUT2D eigenvalue weighted by atomic mass is 10.2. The molecule has 5 nitrogen and oxygen atoms in total. The number of hydrogen-bond donors (Lipinski definition) is 1. The zero-order valence-corrected chi connectivity index (χ0v) is 14.5. The number of rotatable bonds is 5. The summed E-state index contributed by atoms with van der Waals surface area (Å²) >= 11 is 7.50. The summed E-state index contributed by atoms with van der Waals surface area (Å²) < 4.78 is 18.4. The first-order valence-electron chi connectivity index (χ1n) is 7.76. The third-order valence-corrected chi connectivity index (χ3v) is 5.25. The Labute approximate surface area is 151 Å². The number of benzene rings is 1. The van der Waals surface area contributed by atoms with Crippen LogP contribution in [0.25, 0.3) is 22.2 Å². The van der Waals surface area contributed by atoms with Gasteiger partial charge in [0, 0.05) is 10.8 Å². The van der Waals surface area contributed by atoms with E-state index in [1.807, 2.05) is 12.1 Å². The Balaban J connectivity index is 1.49. The van der Waals surface area contributed by atoms with E-state index < -0.39 is 5.82 Å². The summed E-state index contributed by atoms with van der Waals surface area (Å²) in [6.45, 7) is 0.495. The number of carbonyl (C=O) groups excluding carboxylic acids is 1. The normalized spacial score (nSPS) is 13.8. The van der Waals surface area contributed by atoms with Crippen LogP contribution in [0, 0.1) is 11.7 Å². The van der Waals surface area contributed by atoms with E-state index in [9.17, 15) is 9.18 Å². The first-order chi connectivity index (χ1) is 12.1. The molecule has 1 aliphatic rings. The number of nitrogens with one attached hydrogen (secondary N) is 1. The largest absolute Gasteiger partial charge is 0.351 e. The molecule has 1 fully saturated rings. The minimum absolute atomic E-state index is 0.114. The van der Waals surface area contributed by atoms with Crippen molar-refractivity contribution in [2.45, 2.75) is 19.4 Å². The zero-order valence-electron chi connectivity index (χ0n) is 13.0. The number of halogens is 2. The third kappa shape index (κ3) is 3.57. The number of aromatic nitrogens is 2. The van der Waals surface area contributed by atoms with Crippen molar-refractivity contribution in [1.82, 2.24) is 15.5 Å². The molecule has 8 heteroatoms.